The van der Waals surface area contributed by atoms with Crippen LogP contribution in [0.25, 0.3) is 0 Å². The van der Waals surface area contributed by atoms with Crippen molar-refractivity contribution < 1.29 is 43.1 Å². The number of carbonyl (C=O) groups excluding carboxylic acids is 8. The Morgan fingerprint density at radius 2 is 1.25 bits per heavy atom. The van der Waals surface area contributed by atoms with Gasteiger partial charge in [-0.25, -0.2) is 4.79 Å². The minimum absolute atomic E-state index is 0.00310. The average molecular weight is 846 g/mol. The van der Waals surface area contributed by atoms with Crippen LogP contribution in [0.5, 0.6) is 0 Å². The number of nitrogens with one attached hydrogen (secondary N) is 6. The van der Waals surface area contributed by atoms with Crippen molar-refractivity contribution in [2.24, 2.45) is 17.8 Å². The van der Waals surface area contributed by atoms with E-state index >= 15 is 0 Å². The van der Waals surface area contributed by atoms with Gasteiger partial charge >= 0.3 is 5.97 Å². The Hall–Kier alpha value is -5.80. The molecule has 2 aromatic carbocycles. The largest absolute Gasteiger partial charge is 0.458 e. The van der Waals surface area contributed by atoms with Crippen molar-refractivity contribution in [1.82, 2.24) is 36.8 Å². The minimum Gasteiger partial charge on any atom is -0.458 e. The molecule has 2 saturated heterocycles. The molecule has 8 atom stereocenters. The van der Waals surface area contributed by atoms with E-state index in [4.69, 9.17) is 4.74 Å². The van der Waals surface area contributed by atoms with Crippen LogP contribution in [0, 0.1) is 17.8 Å². The van der Waals surface area contributed by atoms with Crippen molar-refractivity contribution in [2.75, 3.05) is 6.54 Å². The van der Waals surface area contributed by atoms with Crippen LogP contribution in [0.4, 0.5) is 0 Å². The third-order valence-electron chi connectivity index (χ3n) is 11.1. The van der Waals surface area contributed by atoms with Crippen molar-refractivity contribution in [2.45, 2.75) is 136 Å². The van der Waals surface area contributed by atoms with E-state index < -0.39 is 113 Å². The van der Waals surface area contributed by atoms with E-state index in [1.807, 2.05) is 6.07 Å². The lowest BCUT2D eigenvalue weighted by Gasteiger charge is -2.32. The number of nitrogens with zero attached hydrogens (tertiary/aromatic N) is 1. The number of benzene rings is 2. The number of esters is 1. The van der Waals surface area contributed by atoms with Gasteiger partial charge in [0.1, 0.15) is 48.4 Å². The summed E-state index contributed by atoms with van der Waals surface area (Å²) in [5, 5.41) is 16.5. The van der Waals surface area contributed by atoms with Crippen LogP contribution in [0.15, 0.2) is 60.7 Å². The zero-order valence-corrected chi connectivity index (χ0v) is 36.5. The van der Waals surface area contributed by atoms with E-state index in [2.05, 4.69) is 31.9 Å². The molecule has 7 amide bonds. The van der Waals surface area contributed by atoms with Crippen LogP contribution in [0.3, 0.4) is 0 Å². The first kappa shape index (κ1) is 47.9. The summed E-state index contributed by atoms with van der Waals surface area (Å²) in [6, 6.07) is 9.54. The highest BCUT2D eigenvalue weighted by Gasteiger charge is 2.42. The molecular weight excluding hydrogens is 783 g/mol. The highest BCUT2D eigenvalue weighted by Crippen LogP contribution is 2.21. The van der Waals surface area contributed by atoms with E-state index in [1.54, 1.807) is 103 Å². The SMILES string of the molecule is CC[C@H](NC(=O)Cc1ccccc1)C(=O)N[C@@H]1C(=O)N[C@H](Cc2ccccc2)C(=O)N2CCC[C@H]2C(=O)N[C@@H](C(C)C)C(=O)N[C@@H](C(C)C)C(=O)N[C@@H](C(C)C)C(=O)O[C@@H]1C. The van der Waals surface area contributed by atoms with E-state index in [0.717, 1.165) is 5.56 Å². The molecule has 16 heteroatoms. The van der Waals surface area contributed by atoms with E-state index in [1.165, 1.54) is 11.8 Å². The van der Waals surface area contributed by atoms with Crippen LogP contribution in [0.2, 0.25) is 0 Å². The predicted molar refractivity (Wildman–Crippen MR) is 227 cm³/mol. The summed E-state index contributed by atoms with van der Waals surface area (Å²) >= 11 is 0. The van der Waals surface area contributed by atoms with Crippen LogP contribution in [-0.4, -0.2) is 107 Å². The van der Waals surface area contributed by atoms with Gasteiger partial charge in [0.15, 0.2) is 0 Å². The van der Waals surface area contributed by atoms with Crippen molar-refractivity contribution in [3.05, 3.63) is 71.8 Å². The molecule has 0 aliphatic carbocycles. The third kappa shape index (κ3) is 13.1. The van der Waals surface area contributed by atoms with Gasteiger partial charge in [-0.15, -0.1) is 0 Å². The smallest absolute Gasteiger partial charge is 0.329 e. The number of hydrogen-bond donors (Lipinski definition) is 6. The zero-order chi connectivity index (χ0) is 45.0. The fourth-order valence-corrected chi connectivity index (χ4v) is 7.47. The summed E-state index contributed by atoms with van der Waals surface area (Å²) in [7, 11) is 0. The second-order valence-electron chi connectivity index (χ2n) is 17.0. The molecule has 4 rings (SSSR count). The first-order valence-electron chi connectivity index (χ1n) is 21.3. The molecule has 0 spiro atoms. The standard InChI is InChI=1S/C45H63N7O9/c1-9-31(46-34(53)24-30-19-14-11-15-20-30)39(54)51-38-28(8)61-45(60)37(27(6)7)50-42(57)36(26(4)5)49-41(56)35(25(2)3)48-40(55)33-21-16-22-52(33)44(59)32(47-43(38)58)23-29-17-12-10-13-18-29/h10-15,17-20,25-28,31-33,35-38H,9,16,21-24H2,1-8H3,(H,46,53)(H,47,58)(H,48,55)(H,49,56)(H,50,57)(H,51,54)/t28-,31+,32-,33+,35+,36+,37+,38+/m1/s1. The summed E-state index contributed by atoms with van der Waals surface area (Å²) in [5.74, 6) is -6.76. The second kappa shape index (κ2) is 22.2. The summed E-state index contributed by atoms with van der Waals surface area (Å²) < 4.78 is 5.87. The molecule has 2 heterocycles. The van der Waals surface area contributed by atoms with Gasteiger partial charge in [0.25, 0.3) is 0 Å². The molecule has 0 bridgehead atoms. The normalized spacial score (nSPS) is 25.2. The summed E-state index contributed by atoms with van der Waals surface area (Å²) in [6.45, 7) is 13.6. The van der Waals surface area contributed by atoms with Gasteiger partial charge in [-0.1, -0.05) is 109 Å². The number of amides is 7. The molecular formula is C45H63N7O9. The fraction of sp³-hybridized carbons (Fsp3) is 0.556. The van der Waals surface area contributed by atoms with Crippen molar-refractivity contribution in [3.8, 4) is 0 Å². The number of hydrogen-bond acceptors (Lipinski definition) is 9. The van der Waals surface area contributed by atoms with E-state index in [9.17, 15) is 38.4 Å². The lowest BCUT2D eigenvalue weighted by molar-refractivity contribution is -0.157. The maximum absolute atomic E-state index is 14.6. The molecule has 61 heavy (non-hydrogen) atoms. The summed E-state index contributed by atoms with van der Waals surface area (Å²) in [5.41, 5.74) is 1.42. The Kier molecular flexibility index (Phi) is 17.4. The molecule has 2 aliphatic heterocycles. The van der Waals surface area contributed by atoms with Gasteiger partial charge in [0.05, 0.1) is 6.42 Å². The van der Waals surface area contributed by atoms with Crippen molar-refractivity contribution >= 4 is 47.3 Å². The predicted octanol–water partition coefficient (Wildman–Crippen LogP) is 1.69. The van der Waals surface area contributed by atoms with Crippen LogP contribution < -0.4 is 31.9 Å². The van der Waals surface area contributed by atoms with Crippen LogP contribution in [0.1, 0.15) is 85.8 Å². The molecule has 332 valence electrons. The molecule has 0 radical (unpaired) electrons. The van der Waals surface area contributed by atoms with Gasteiger partial charge in [-0.05, 0) is 55.1 Å². The third-order valence-corrected chi connectivity index (χ3v) is 11.1. The van der Waals surface area contributed by atoms with E-state index in [-0.39, 0.29) is 25.8 Å². The molecule has 0 saturated carbocycles. The van der Waals surface area contributed by atoms with Gasteiger partial charge in [-0.2, -0.15) is 0 Å². The lowest BCUT2D eigenvalue weighted by atomic mass is 9.98. The van der Waals surface area contributed by atoms with Crippen LogP contribution >= 0.6 is 0 Å². The Labute approximate surface area is 358 Å². The summed E-state index contributed by atoms with van der Waals surface area (Å²) in [6.07, 6.45) is -0.449. The first-order chi connectivity index (χ1) is 28.9. The lowest BCUT2D eigenvalue weighted by Crippen LogP contribution is -2.62. The maximum atomic E-state index is 14.6. The van der Waals surface area contributed by atoms with Gasteiger partial charge in [0, 0.05) is 13.0 Å². The minimum atomic E-state index is -1.60. The Morgan fingerprint density at radius 3 is 1.79 bits per heavy atom. The zero-order valence-electron chi connectivity index (χ0n) is 36.5. The number of rotatable bonds is 11. The van der Waals surface area contributed by atoms with Gasteiger partial charge < -0.3 is 41.5 Å². The van der Waals surface area contributed by atoms with Crippen molar-refractivity contribution in [1.29, 1.82) is 0 Å². The van der Waals surface area contributed by atoms with E-state index in [0.29, 0.717) is 18.4 Å². The Balaban J connectivity index is 1.76. The molecule has 0 unspecified atom stereocenters. The molecule has 2 aromatic rings. The maximum Gasteiger partial charge on any atom is 0.329 e. The monoisotopic (exact) mass is 845 g/mol. The van der Waals surface area contributed by atoms with Crippen molar-refractivity contribution in [3.63, 3.8) is 0 Å². The quantitative estimate of drug-likeness (QED) is 0.181. The Morgan fingerprint density at radius 1 is 0.721 bits per heavy atom. The van der Waals surface area contributed by atoms with Gasteiger partial charge in [0.2, 0.25) is 41.4 Å². The number of carbonyl (C=O) groups is 8. The highest BCUT2D eigenvalue weighted by atomic mass is 16.5. The van der Waals surface area contributed by atoms with Crippen LogP contribution in [-0.2, 0) is 55.9 Å². The Bertz CT molecular complexity index is 1870. The fourth-order valence-electron chi connectivity index (χ4n) is 7.47. The molecule has 2 fully saturated rings. The number of fused-ring (bicyclic) bond motifs is 1. The first-order valence-corrected chi connectivity index (χ1v) is 21.3. The second-order valence-corrected chi connectivity index (χ2v) is 17.0. The molecule has 6 N–H and O–H groups in total. The number of cyclic esters (lactones) is 1. The molecule has 16 nitrogen and oxygen atoms in total. The molecule has 0 aromatic heterocycles. The molecule has 2 aliphatic rings. The average Bonchev–Trinajstić information content (AvgIpc) is 3.71. The topological polar surface area (TPSA) is 221 Å². The number of ether oxygens (including phenoxy) is 1. The highest BCUT2D eigenvalue weighted by molar-refractivity contribution is 5.98. The van der Waals surface area contributed by atoms with Gasteiger partial charge in [-0.3, -0.25) is 33.6 Å². The summed E-state index contributed by atoms with van der Waals surface area (Å²) in [4.78, 5) is 113.